The number of nitrogens with one attached hydrogen (secondary N) is 1. The van der Waals surface area contributed by atoms with Gasteiger partial charge in [0.25, 0.3) is 5.91 Å². The zero-order valence-corrected chi connectivity index (χ0v) is 15.7. The highest BCUT2D eigenvalue weighted by Gasteiger charge is 2.07. The van der Waals surface area contributed by atoms with E-state index >= 15 is 0 Å². The van der Waals surface area contributed by atoms with Crippen molar-refractivity contribution in [3.05, 3.63) is 70.7 Å². The predicted molar refractivity (Wildman–Crippen MR) is 104 cm³/mol. The summed E-state index contributed by atoms with van der Waals surface area (Å²) in [5.41, 5.74) is 3.16. The first-order valence-corrected chi connectivity index (χ1v) is 9.34. The van der Waals surface area contributed by atoms with E-state index in [-0.39, 0.29) is 5.91 Å². The minimum absolute atomic E-state index is 0.177. The molecule has 0 aliphatic rings. The summed E-state index contributed by atoms with van der Waals surface area (Å²) in [6.07, 6.45) is 0. The van der Waals surface area contributed by atoms with E-state index in [0.717, 1.165) is 11.4 Å². The number of methoxy groups -OCH3 is 1. The molecule has 3 aromatic rings. The maximum Gasteiger partial charge on any atom is 0.251 e. The Bertz CT molecular complexity index is 868. The number of nitrogens with zero attached hydrogens (tertiary/aromatic N) is 1. The number of rotatable bonds is 9. The second-order valence-electron chi connectivity index (χ2n) is 5.58. The molecule has 0 aliphatic carbocycles. The molecule has 0 unspecified atom stereocenters. The SMILES string of the molecule is COc1cccc(OCCNC(=O)c2cccc(OCc3cscn3)c2)c1. The van der Waals surface area contributed by atoms with Crippen molar-refractivity contribution in [3.63, 3.8) is 0 Å². The van der Waals surface area contributed by atoms with E-state index in [1.54, 1.807) is 36.9 Å². The lowest BCUT2D eigenvalue weighted by molar-refractivity contribution is 0.0946. The van der Waals surface area contributed by atoms with Gasteiger partial charge in [0.05, 0.1) is 24.9 Å². The number of aromatic nitrogens is 1. The predicted octanol–water partition coefficient (Wildman–Crippen LogP) is 3.54. The molecule has 140 valence electrons. The molecular formula is C20H20N2O4S. The summed E-state index contributed by atoms with van der Waals surface area (Å²) in [5.74, 6) is 1.87. The van der Waals surface area contributed by atoms with Crippen LogP contribution in [0, 0.1) is 0 Å². The van der Waals surface area contributed by atoms with Gasteiger partial charge in [0.1, 0.15) is 30.5 Å². The van der Waals surface area contributed by atoms with Gasteiger partial charge in [-0.15, -0.1) is 11.3 Å². The van der Waals surface area contributed by atoms with Gasteiger partial charge >= 0.3 is 0 Å². The molecule has 0 aliphatic heterocycles. The van der Waals surface area contributed by atoms with Crippen LogP contribution >= 0.6 is 11.3 Å². The summed E-state index contributed by atoms with van der Waals surface area (Å²) in [5, 5.41) is 4.76. The molecular weight excluding hydrogens is 364 g/mol. The number of benzene rings is 2. The number of hydrogen-bond donors (Lipinski definition) is 1. The summed E-state index contributed by atoms with van der Waals surface area (Å²) >= 11 is 1.52. The molecule has 7 heteroatoms. The highest BCUT2D eigenvalue weighted by molar-refractivity contribution is 7.07. The monoisotopic (exact) mass is 384 g/mol. The molecule has 0 spiro atoms. The first kappa shape index (κ1) is 18.7. The van der Waals surface area contributed by atoms with E-state index in [4.69, 9.17) is 14.2 Å². The lowest BCUT2D eigenvalue weighted by Gasteiger charge is -2.10. The van der Waals surface area contributed by atoms with Gasteiger partial charge in [0.15, 0.2) is 0 Å². The van der Waals surface area contributed by atoms with Crippen molar-refractivity contribution >= 4 is 17.2 Å². The molecule has 0 atom stereocenters. The van der Waals surface area contributed by atoms with E-state index in [1.807, 2.05) is 29.6 Å². The summed E-state index contributed by atoms with van der Waals surface area (Å²) in [7, 11) is 1.61. The summed E-state index contributed by atoms with van der Waals surface area (Å²) in [6, 6.07) is 14.4. The highest BCUT2D eigenvalue weighted by atomic mass is 32.1. The molecule has 1 amide bonds. The third kappa shape index (κ3) is 5.72. The molecule has 1 N–H and O–H groups in total. The lowest BCUT2D eigenvalue weighted by Crippen LogP contribution is -2.28. The Morgan fingerprint density at radius 1 is 1.07 bits per heavy atom. The van der Waals surface area contributed by atoms with Gasteiger partial charge < -0.3 is 19.5 Å². The lowest BCUT2D eigenvalue weighted by atomic mass is 10.2. The third-order valence-electron chi connectivity index (χ3n) is 3.66. The fourth-order valence-corrected chi connectivity index (χ4v) is 2.86. The molecule has 2 aromatic carbocycles. The molecule has 0 saturated carbocycles. The number of carbonyl (C=O) groups excluding carboxylic acids is 1. The third-order valence-corrected chi connectivity index (χ3v) is 4.30. The summed E-state index contributed by atoms with van der Waals surface area (Å²) < 4.78 is 16.4. The minimum Gasteiger partial charge on any atom is -0.497 e. The summed E-state index contributed by atoms with van der Waals surface area (Å²) in [6.45, 7) is 1.13. The smallest absolute Gasteiger partial charge is 0.251 e. The van der Waals surface area contributed by atoms with Crippen molar-refractivity contribution in [2.24, 2.45) is 0 Å². The Hall–Kier alpha value is -3.06. The molecule has 6 nitrogen and oxygen atoms in total. The minimum atomic E-state index is -0.177. The zero-order chi connectivity index (χ0) is 18.9. The van der Waals surface area contributed by atoms with Gasteiger partial charge in [-0.25, -0.2) is 4.98 Å². The second kappa shape index (κ2) is 9.59. The Labute approximate surface area is 161 Å². The van der Waals surface area contributed by atoms with Crippen LogP contribution in [0.3, 0.4) is 0 Å². The fourth-order valence-electron chi connectivity index (χ4n) is 2.32. The molecule has 0 fully saturated rings. The van der Waals surface area contributed by atoms with Gasteiger partial charge in [-0.3, -0.25) is 4.79 Å². The van der Waals surface area contributed by atoms with Gasteiger partial charge in [0.2, 0.25) is 0 Å². The van der Waals surface area contributed by atoms with E-state index in [9.17, 15) is 4.79 Å². The number of carbonyl (C=O) groups is 1. The molecule has 1 heterocycles. The second-order valence-corrected chi connectivity index (χ2v) is 6.30. The van der Waals surface area contributed by atoms with Crippen molar-refractivity contribution in [2.75, 3.05) is 20.3 Å². The fraction of sp³-hybridized carbons (Fsp3) is 0.200. The van der Waals surface area contributed by atoms with E-state index < -0.39 is 0 Å². The maximum absolute atomic E-state index is 12.3. The van der Waals surface area contributed by atoms with E-state index in [0.29, 0.717) is 36.8 Å². The van der Waals surface area contributed by atoms with Gasteiger partial charge in [0, 0.05) is 17.0 Å². The Morgan fingerprint density at radius 3 is 2.63 bits per heavy atom. The average molecular weight is 384 g/mol. The van der Waals surface area contributed by atoms with Crippen LogP contribution in [0.5, 0.6) is 17.2 Å². The van der Waals surface area contributed by atoms with Crippen molar-refractivity contribution in [1.29, 1.82) is 0 Å². The molecule has 0 bridgehead atoms. The molecule has 0 radical (unpaired) electrons. The van der Waals surface area contributed by atoms with Gasteiger partial charge in [-0.2, -0.15) is 0 Å². The van der Waals surface area contributed by atoms with Gasteiger partial charge in [-0.05, 0) is 30.3 Å². The number of hydrogen-bond acceptors (Lipinski definition) is 6. The van der Waals surface area contributed by atoms with E-state index in [1.165, 1.54) is 11.3 Å². The molecule has 0 saturated heterocycles. The quantitative estimate of drug-likeness (QED) is 0.572. The zero-order valence-electron chi connectivity index (χ0n) is 14.9. The van der Waals surface area contributed by atoms with Crippen LogP contribution in [0.25, 0.3) is 0 Å². The number of amides is 1. The molecule has 3 rings (SSSR count). The van der Waals surface area contributed by atoms with Crippen LogP contribution in [0.2, 0.25) is 0 Å². The molecule has 1 aromatic heterocycles. The van der Waals surface area contributed by atoms with Crippen LogP contribution in [0.1, 0.15) is 16.1 Å². The van der Waals surface area contributed by atoms with Crippen LogP contribution in [0.15, 0.2) is 59.4 Å². The maximum atomic E-state index is 12.3. The Kier molecular flexibility index (Phi) is 6.65. The largest absolute Gasteiger partial charge is 0.497 e. The van der Waals surface area contributed by atoms with Crippen molar-refractivity contribution in [2.45, 2.75) is 6.61 Å². The van der Waals surface area contributed by atoms with E-state index in [2.05, 4.69) is 10.3 Å². The Balaban J connectivity index is 1.45. The molecule has 27 heavy (non-hydrogen) atoms. The topological polar surface area (TPSA) is 69.7 Å². The van der Waals surface area contributed by atoms with Crippen LogP contribution in [0.4, 0.5) is 0 Å². The van der Waals surface area contributed by atoms with Crippen LogP contribution in [-0.2, 0) is 6.61 Å². The average Bonchev–Trinajstić information content (AvgIpc) is 3.23. The Morgan fingerprint density at radius 2 is 1.85 bits per heavy atom. The van der Waals surface area contributed by atoms with Crippen LogP contribution < -0.4 is 19.5 Å². The standard InChI is InChI=1S/C20H20N2O4S/c1-24-17-5-3-7-19(11-17)25-9-8-21-20(23)15-4-2-6-18(10-15)26-12-16-13-27-14-22-16/h2-7,10-11,13-14H,8-9,12H2,1H3,(H,21,23). The highest BCUT2D eigenvalue weighted by Crippen LogP contribution is 2.18. The van der Waals surface area contributed by atoms with Crippen molar-refractivity contribution < 1.29 is 19.0 Å². The normalized spacial score (nSPS) is 10.3. The first-order chi connectivity index (χ1) is 13.2. The first-order valence-electron chi connectivity index (χ1n) is 8.39. The summed E-state index contributed by atoms with van der Waals surface area (Å²) in [4.78, 5) is 16.5. The van der Waals surface area contributed by atoms with Crippen LogP contribution in [-0.4, -0.2) is 31.2 Å². The van der Waals surface area contributed by atoms with Gasteiger partial charge in [-0.1, -0.05) is 12.1 Å². The van der Waals surface area contributed by atoms with Crippen molar-refractivity contribution in [1.82, 2.24) is 10.3 Å². The van der Waals surface area contributed by atoms with Crippen molar-refractivity contribution in [3.8, 4) is 17.2 Å². The number of ether oxygens (including phenoxy) is 3. The number of thiazole rings is 1.